The predicted octanol–water partition coefficient (Wildman–Crippen LogP) is 0.731. The fraction of sp³-hybridized carbons (Fsp3) is 0.500. The first kappa shape index (κ1) is 15.9. The molecule has 1 aromatic rings. The maximum absolute atomic E-state index is 12.2. The molecule has 0 aromatic heterocycles. The Balaban J connectivity index is 2.17. The van der Waals surface area contributed by atoms with Gasteiger partial charge in [0.15, 0.2) is 0 Å². The fourth-order valence-electron chi connectivity index (χ4n) is 2.34. The number of anilines is 1. The van der Waals surface area contributed by atoms with Crippen LogP contribution in [0, 0.1) is 11.8 Å². The second-order valence-electron chi connectivity index (χ2n) is 5.55. The highest BCUT2D eigenvalue weighted by molar-refractivity contribution is 7.89. The smallest absolute Gasteiger partial charge is 0.242 e. The number of carbonyl (C=O) groups is 1. The van der Waals surface area contributed by atoms with Gasteiger partial charge >= 0.3 is 0 Å². The Morgan fingerprint density at radius 2 is 2.05 bits per heavy atom. The lowest BCUT2D eigenvalue weighted by Crippen LogP contribution is -2.28. The van der Waals surface area contributed by atoms with Crippen LogP contribution >= 0.6 is 0 Å². The van der Waals surface area contributed by atoms with Crippen molar-refractivity contribution in [1.82, 2.24) is 9.62 Å². The lowest BCUT2D eigenvalue weighted by atomic mass is 9.97. The maximum atomic E-state index is 12.2. The lowest BCUT2D eigenvalue weighted by Gasteiger charge is -2.16. The van der Waals surface area contributed by atoms with Gasteiger partial charge in [-0.25, -0.2) is 12.7 Å². The number of sulfonamides is 1. The van der Waals surface area contributed by atoms with E-state index in [-0.39, 0.29) is 22.6 Å². The summed E-state index contributed by atoms with van der Waals surface area (Å²) in [6, 6.07) is 6.33. The summed E-state index contributed by atoms with van der Waals surface area (Å²) in [6.07, 6.45) is 0. The van der Waals surface area contributed by atoms with Gasteiger partial charge in [0, 0.05) is 26.3 Å². The molecule has 2 N–H and O–H groups in total. The minimum atomic E-state index is -3.50. The number of nitrogens with zero attached hydrogens (tertiary/aromatic N) is 1. The van der Waals surface area contributed by atoms with Crippen LogP contribution in [0.4, 0.5) is 5.69 Å². The Morgan fingerprint density at radius 3 is 2.62 bits per heavy atom. The van der Waals surface area contributed by atoms with Gasteiger partial charge in [0.25, 0.3) is 0 Å². The molecule has 21 heavy (non-hydrogen) atoms. The zero-order valence-electron chi connectivity index (χ0n) is 12.5. The largest absolute Gasteiger partial charge is 0.326 e. The summed E-state index contributed by atoms with van der Waals surface area (Å²) < 4.78 is 25.3. The minimum absolute atomic E-state index is 0.0769. The van der Waals surface area contributed by atoms with E-state index >= 15 is 0 Å². The van der Waals surface area contributed by atoms with Crippen LogP contribution in [0.15, 0.2) is 29.2 Å². The molecule has 1 aromatic carbocycles. The number of amides is 1. The van der Waals surface area contributed by atoms with Crippen LogP contribution in [0.5, 0.6) is 0 Å². The summed E-state index contributed by atoms with van der Waals surface area (Å²) in [4.78, 5) is 12.4. The first-order valence-electron chi connectivity index (χ1n) is 6.86. The van der Waals surface area contributed by atoms with Crippen molar-refractivity contribution in [3.8, 4) is 0 Å². The third-order valence-electron chi connectivity index (χ3n) is 3.73. The molecule has 7 heteroatoms. The summed E-state index contributed by atoms with van der Waals surface area (Å²) in [7, 11) is -0.538. The highest BCUT2D eigenvalue weighted by Crippen LogP contribution is 2.21. The van der Waals surface area contributed by atoms with E-state index in [4.69, 9.17) is 0 Å². The van der Waals surface area contributed by atoms with Gasteiger partial charge < -0.3 is 10.6 Å². The van der Waals surface area contributed by atoms with E-state index in [1.165, 1.54) is 26.2 Å². The van der Waals surface area contributed by atoms with Crippen molar-refractivity contribution in [3.05, 3.63) is 24.3 Å². The number of hydrogen-bond acceptors (Lipinski definition) is 4. The predicted molar refractivity (Wildman–Crippen MR) is 81.5 cm³/mol. The molecule has 2 rings (SSSR count). The van der Waals surface area contributed by atoms with Crippen molar-refractivity contribution in [2.24, 2.45) is 11.8 Å². The van der Waals surface area contributed by atoms with Crippen molar-refractivity contribution in [1.29, 1.82) is 0 Å². The van der Waals surface area contributed by atoms with E-state index in [9.17, 15) is 13.2 Å². The van der Waals surface area contributed by atoms with Crippen LogP contribution in [0.25, 0.3) is 0 Å². The summed E-state index contributed by atoms with van der Waals surface area (Å²) in [5, 5.41) is 5.98. The number of carbonyl (C=O) groups excluding carboxylic acids is 1. The molecule has 0 saturated carbocycles. The van der Waals surface area contributed by atoms with Gasteiger partial charge in [-0.05, 0) is 30.7 Å². The molecule has 0 unspecified atom stereocenters. The third-order valence-corrected chi connectivity index (χ3v) is 5.55. The van der Waals surface area contributed by atoms with Crippen LogP contribution in [0.1, 0.15) is 6.92 Å². The number of rotatable bonds is 4. The molecule has 116 valence electrons. The zero-order chi connectivity index (χ0) is 15.6. The highest BCUT2D eigenvalue weighted by atomic mass is 32.2. The van der Waals surface area contributed by atoms with E-state index in [0.29, 0.717) is 12.2 Å². The van der Waals surface area contributed by atoms with Crippen LogP contribution in [0.2, 0.25) is 0 Å². The van der Waals surface area contributed by atoms with Crippen LogP contribution in [-0.4, -0.2) is 45.8 Å². The molecule has 2 atom stereocenters. The molecular weight excluding hydrogens is 290 g/mol. The Bertz CT molecular complexity index is 628. The Morgan fingerprint density at radius 1 is 1.33 bits per heavy atom. The van der Waals surface area contributed by atoms with Crippen molar-refractivity contribution in [2.75, 3.05) is 32.5 Å². The number of nitrogens with one attached hydrogen (secondary N) is 2. The minimum Gasteiger partial charge on any atom is -0.326 e. The molecule has 1 fully saturated rings. The van der Waals surface area contributed by atoms with Crippen LogP contribution in [-0.2, 0) is 14.8 Å². The van der Waals surface area contributed by atoms with E-state index in [1.807, 2.05) is 6.92 Å². The normalized spacial score (nSPS) is 22.5. The molecule has 0 spiro atoms. The Labute approximate surface area is 125 Å². The SMILES string of the molecule is C[C@@H]1CNC[C@H]1C(=O)Nc1cccc(S(=O)(=O)N(C)C)c1. The second kappa shape index (κ2) is 6.13. The number of benzene rings is 1. The molecule has 1 saturated heterocycles. The Kier molecular flexibility index (Phi) is 4.65. The van der Waals surface area contributed by atoms with Gasteiger partial charge in [0.1, 0.15) is 0 Å². The number of hydrogen-bond donors (Lipinski definition) is 2. The van der Waals surface area contributed by atoms with Crippen molar-refractivity contribution in [3.63, 3.8) is 0 Å². The second-order valence-corrected chi connectivity index (χ2v) is 7.70. The molecule has 1 aliphatic rings. The van der Waals surface area contributed by atoms with Gasteiger partial charge in [0.2, 0.25) is 15.9 Å². The third kappa shape index (κ3) is 3.42. The molecule has 0 radical (unpaired) electrons. The Hall–Kier alpha value is -1.44. The lowest BCUT2D eigenvalue weighted by molar-refractivity contribution is -0.120. The summed E-state index contributed by atoms with van der Waals surface area (Å²) >= 11 is 0. The van der Waals surface area contributed by atoms with Crippen molar-refractivity contribution < 1.29 is 13.2 Å². The highest BCUT2D eigenvalue weighted by Gasteiger charge is 2.29. The van der Waals surface area contributed by atoms with Gasteiger partial charge in [0.05, 0.1) is 10.8 Å². The van der Waals surface area contributed by atoms with Gasteiger partial charge in [-0.2, -0.15) is 0 Å². The van der Waals surface area contributed by atoms with Gasteiger partial charge in [-0.1, -0.05) is 13.0 Å². The van der Waals surface area contributed by atoms with E-state index < -0.39 is 10.0 Å². The molecule has 6 nitrogen and oxygen atoms in total. The molecule has 1 amide bonds. The fourth-order valence-corrected chi connectivity index (χ4v) is 3.29. The van der Waals surface area contributed by atoms with Crippen LogP contribution < -0.4 is 10.6 Å². The molecule has 1 aliphatic heterocycles. The quantitative estimate of drug-likeness (QED) is 0.859. The van der Waals surface area contributed by atoms with E-state index in [2.05, 4.69) is 10.6 Å². The maximum Gasteiger partial charge on any atom is 0.242 e. The van der Waals surface area contributed by atoms with Gasteiger partial charge in [-0.3, -0.25) is 4.79 Å². The topological polar surface area (TPSA) is 78.5 Å². The first-order valence-corrected chi connectivity index (χ1v) is 8.30. The van der Waals surface area contributed by atoms with Gasteiger partial charge in [-0.15, -0.1) is 0 Å². The first-order chi connectivity index (χ1) is 9.82. The summed E-state index contributed by atoms with van der Waals surface area (Å²) in [5.74, 6) is 0.115. The summed E-state index contributed by atoms with van der Waals surface area (Å²) in [6.45, 7) is 3.51. The van der Waals surface area contributed by atoms with Crippen molar-refractivity contribution >= 4 is 21.6 Å². The molecule has 1 heterocycles. The molecular formula is C14H21N3O3S. The van der Waals surface area contributed by atoms with Crippen molar-refractivity contribution in [2.45, 2.75) is 11.8 Å². The molecule has 0 bridgehead atoms. The van der Waals surface area contributed by atoms with Crippen LogP contribution in [0.3, 0.4) is 0 Å². The summed E-state index contributed by atoms with van der Waals surface area (Å²) in [5.41, 5.74) is 0.502. The van der Waals surface area contributed by atoms with E-state index in [1.54, 1.807) is 12.1 Å². The molecule has 0 aliphatic carbocycles. The average Bonchev–Trinajstić information content (AvgIpc) is 2.85. The van der Waals surface area contributed by atoms with E-state index in [0.717, 1.165) is 10.8 Å². The zero-order valence-corrected chi connectivity index (χ0v) is 13.3. The monoisotopic (exact) mass is 311 g/mol. The standard InChI is InChI=1S/C14H21N3O3S/c1-10-8-15-9-13(10)14(18)16-11-5-4-6-12(7-11)21(19,20)17(2)3/h4-7,10,13,15H,8-9H2,1-3H3,(H,16,18)/t10-,13-/m1/s1. The average molecular weight is 311 g/mol.